The Balaban J connectivity index is 2.01. The molecule has 4 heteroatoms. The maximum Gasteiger partial charge on any atom is 0.0754 e. The van der Waals surface area contributed by atoms with Crippen LogP contribution in [-0.4, -0.2) is 25.8 Å². The summed E-state index contributed by atoms with van der Waals surface area (Å²) >= 11 is 3.42. The number of likely N-dealkylation sites (N-methyl/N-ethyl adjacent to an activating group) is 1. The average molecular weight is 299 g/mol. The highest BCUT2D eigenvalue weighted by atomic mass is 79.9. The monoisotopic (exact) mass is 298 g/mol. The van der Waals surface area contributed by atoms with Crippen molar-refractivity contribution in [2.75, 3.05) is 24.2 Å². The Morgan fingerprint density at radius 3 is 2.82 bits per heavy atom. The fraction of sp³-hybridized carbons (Fsp3) is 0.538. The van der Waals surface area contributed by atoms with Crippen LogP contribution in [0.15, 0.2) is 22.7 Å². The third kappa shape index (κ3) is 3.13. The Morgan fingerprint density at radius 2 is 2.24 bits per heavy atom. The van der Waals surface area contributed by atoms with Crippen molar-refractivity contribution in [1.82, 2.24) is 0 Å². The lowest BCUT2D eigenvalue weighted by Crippen LogP contribution is -2.29. The molecule has 1 aliphatic heterocycles. The fourth-order valence-electron chi connectivity index (χ4n) is 2.30. The van der Waals surface area contributed by atoms with Gasteiger partial charge in [0.15, 0.2) is 0 Å². The summed E-state index contributed by atoms with van der Waals surface area (Å²) in [5.41, 5.74) is 7.88. The van der Waals surface area contributed by atoms with Crippen molar-refractivity contribution in [3.8, 4) is 0 Å². The summed E-state index contributed by atoms with van der Waals surface area (Å²) in [4.78, 5) is 2.17. The van der Waals surface area contributed by atoms with Crippen LogP contribution < -0.4 is 10.6 Å². The molecule has 0 spiro atoms. The Labute approximate surface area is 111 Å². The van der Waals surface area contributed by atoms with Gasteiger partial charge in [-0.1, -0.05) is 15.9 Å². The number of rotatable bonds is 3. The lowest BCUT2D eigenvalue weighted by atomic mass is 10.2. The summed E-state index contributed by atoms with van der Waals surface area (Å²) < 4.78 is 6.84. The molecule has 0 radical (unpaired) electrons. The number of halogens is 1. The number of hydrogen-bond acceptors (Lipinski definition) is 3. The minimum Gasteiger partial charge on any atom is -0.397 e. The second-order valence-corrected chi connectivity index (χ2v) is 5.65. The largest absolute Gasteiger partial charge is 0.397 e. The maximum atomic E-state index is 6.01. The SMILES string of the molecule is CC1CCC(CN(C)c2ccc(Br)cc2N)O1. The summed E-state index contributed by atoms with van der Waals surface area (Å²) in [5, 5.41) is 0. The van der Waals surface area contributed by atoms with Crippen LogP contribution in [0.4, 0.5) is 11.4 Å². The van der Waals surface area contributed by atoms with E-state index in [1.807, 2.05) is 18.2 Å². The second-order valence-electron chi connectivity index (χ2n) is 4.73. The van der Waals surface area contributed by atoms with Crippen LogP contribution in [-0.2, 0) is 4.74 Å². The summed E-state index contributed by atoms with van der Waals surface area (Å²) in [6.07, 6.45) is 3.03. The molecule has 0 bridgehead atoms. The van der Waals surface area contributed by atoms with E-state index in [-0.39, 0.29) is 0 Å². The molecule has 2 atom stereocenters. The second kappa shape index (κ2) is 5.27. The van der Waals surface area contributed by atoms with Crippen molar-refractivity contribution >= 4 is 27.3 Å². The van der Waals surface area contributed by atoms with E-state index in [0.717, 1.165) is 35.2 Å². The van der Waals surface area contributed by atoms with Crippen LogP contribution in [0.3, 0.4) is 0 Å². The quantitative estimate of drug-likeness (QED) is 0.872. The Bertz CT molecular complexity index is 397. The first-order chi connectivity index (χ1) is 8.06. The van der Waals surface area contributed by atoms with Crippen molar-refractivity contribution in [1.29, 1.82) is 0 Å². The minimum atomic E-state index is 0.332. The topological polar surface area (TPSA) is 38.5 Å². The van der Waals surface area contributed by atoms with Gasteiger partial charge in [0.1, 0.15) is 0 Å². The number of ether oxygens (including phenoxy) is 1. The number of anilines is 2. The Hall–Kier alpha value is -0.740. The van der Waals surface area contributed by atoms with Crippen LogP contribution in [0.1, 0.15) is 19.8 Å². The van der Waals surface area contributed by atoms with Crippen LogP contribution in [0.2, 0.25) is 0 Å². The highest BCUT2D eigenvalue weighted by Crippen LogP contribution is 2.27. The van der Waals surface area contributed by atoms with E-state index in [4.69, 9.17) is 10.5 Å². The van der Waals surface area contributed by atoms with Gasteiger partial charge in [0, 0.05) is 18.1 Å². The van der Waals surface area contributed by atoms with E-state index in [0.29, 0.717) is 12.2 Å². The molecule has 1 saturated heterocycles. The van der Waals surface area contributed by atoms with Crippen LogP contribution in [0, 0.1) is 0 Å². The van der Waals surface area contributed by atoms with Crippen molar-refractivity contribution in [3.05, 3.63) is 22.7 Å². The van der Waals surface area contributed by atoms with Crippen LogP contribution in [0.25, 0.3) is 0 Å². The highest BCUT2D eigenvalue weighted by Gasteiger charge is 2.23. The zero-order valence-corrected chi connectivity index (χ0v) is 11.9. The van der Waals surface area contributed by atoms with Gasteiger partial charge in [-0.15, -0.1) is 0 Å². The van der Waals surface area contributed by atoms with Gasteiger partial charge in [0.05, 0.1) is 23.6 Å². The number of hydrogen-bond donors (Lipinski definition) is 1. The zero-order valence-electron chi connectivity index (χ0n) is 10.3. The molecule has 2 rings (SSSR count). The van der Waals surface area contributed by atoms with Gasteiger partial charge >= 0.3 is 0 Å². The van der Waals surface area contributed by atoms with Gasteiger partial charge < -0.3 is 15.4 Å². The van der Waals surface area contributed by atoms with E-state index >= 15 is 0 Å². The number of nitrogens with zero attached hydrogens (tertiary/aromatic N) is 1. The van der Waals surface area contributed by atoms with Gasteiger partial charge in [0.25, 0.3) is 0 Å². The average Bonchev–Trinajstić information content (AvgIpc) is 2.63. The molecule has 0 saturated carbocycles. The molecule has 1 fully saturated rings. The first-order valence-electron chi connectivity index (χ1n) is 5.98. The molecule has 94 valence electrons. The molecule has 1 aliphatic rings. The predicted molar refractivity (Wildman–Crippen MR) is 75.4 cm³/mol. The van der Waals surface area contributed by atoms with Crippen LogP contribution >= 0.6 is 15.9 Å². The van der Waals surface area contributed by atoms with Gasteiger partial charge in [-0.05, 0) is 38.0 Å². The smallest absolute Gasteiger partial charge is 0.0754 e. The molecule has 1 aromatic carbocycles. The third-order valence-corrected chi connectivity index (χ3v) is 3.69. The van der Waals surface area contributed by atoms with Crippen LogP contribution in [0.5, 0.6) is 0 Å². The molecule has 0 aliphatic carbocycles. The Morgan fingerprint density at radius 1 is 1.47 bits per heavy atom. The number of benzene rings is 1. The normalized spacial score (nSPS) is 23.9. The molecule has 17 heavy (non-hydrogen) atoms. The van der Waals surface area contributed by atoms with Gasteiger partial charge in [-0.2, -0.15) is 0 Å². The number of nitrogen functional groups attached to an aromatic ring is 1. The minimum absolute atomic E-state index is 0.332. The molecule has 1 heterocycles. The zero-order chi connectivity index (χ0) is 12.4. The fourth-order valence-corrected chi connectivity index (χ4v) is 2.68. The standard InChI is InChI=1S/C13H19BrN2O/c1-9-3-5-11(17-9)8-16(2)13-6-4-10(14)7-12(13)15/h4,6-7,9,11H,3,5,8,15H2,1-2H3. The summed E-state index contributed by atoms with van der Waals surface area (Å²) in [6.45, 7) is 3.03. The van der Waals surface area contributed by atoms with E-state index in [1.54, 1.807) is 0 Å². The van der Waals surface area contributed by atoms with Gasteiger partial charge in [-0.3, -0.25) is 0 Å². The number of nitrogens with two attached hydrogens (primary N) is 1. The highest BCUT2D eigenvalue weighted by molar-refractivity contribution is 9.10. The van der Waals surface area contributed by atoms with E-state index in [9.17, 15) is 0 Å². The summed E-state index contributed by atoms with van der Waals surface area (Å²) in [5.74, 6) is 0. The van der Waals surface area contributed by atoms with Gasteiger partial charge in [-0.25, -0.2) is 0 Å². The van der Waals surface area contributed by atoms with E-state index < -0.39 is 0 Å². The lowest BCUT2D eigenvalue weighted by Gasteiger charge is -2.24. The van der Waals surface area contributed by atoms with E-state index in [1.165, 1.54) is 0 Å². The molecule has 2 N–H and O–H groups in total. The Kier molecular flexibility index (Phi) is 3.94. The first-order valence-corrected chi connectivity index (χ1v) is 6.77. The van der Waals surface area contributed by atoms with Gasteiger partial charge in [0.2, 0.25) is 0 Å². The predicted octanol–water partition coefficient (Wildman–Crippen LogP) is 3.04. The van der Waals surface area contributed by atoms with Crippen molar-refractivity contribution < 1.29 is 4.74 Å². The maximum absolute atomic E-state index is 6.01. The molecule has 0 amide bonds. The molecular weight excluding hydrogens is 280 g/mol. The molecule has 0 aromatic heterocycles. The molecule has 3 nitrogen and oxygen atoms in total. The third-order valence-electron chi connectivity index (χ3n) is 3.20. The van der Waals surface area contributed by atoms with Crippen molar-refractivity contribution in [2.45, 2.75) is 32.0 Å². The summed E-state index contributed by atoms with van der Waals surface area (Å²) in [7, 11) is 2.06. The lowest BCUT2D eigenvalue weighted by molar-refractivity contribution is 0.0607. The van der Waals surface area contributed by atoms with Crippen molar-refractivity contribution in [2.24, 2.45) is 0 Å². The molecular formula is C13H19BrN2O. The molecule has 1 aromatic rings. The van der Waals surface area contributed by atoms with E-state index in [2.05, 4.69) is 34.8 Å². The first kappa shape index (κ1) is 12.7. The van der Waals surface area contributed by atoms with Crippen molar-refractivity contribution in [3.63, 3.8) is 0 Å². The molecule has 2 unspecified atom stereocenters. The summed E-state index contributed by atoms with van der Waals surface area (Å²) in [6, 6.07) is 5.99.